The number of rotatable bonds is 19. The maximum atomic E-state index is 14.5. The molecule has 398 valence electrons. The van der Waals surface area contributed by atoms with Crippen LogP contribution in [0.15, 0.2) is 78.1 Å². The first kappa shape index (κ1) is 55.7. The Bertz CT molecular complexity index is 2720. The molecule has 2 aromatic heterocycles. The van der Waals surface area contributed by atoms with Gasteiger partial charge in [-0.2, -0.15) is 18.4 Å². The van der Waals surface area contributed by atoms with Crippen LogP contribution in [0.25, 0.3) is 10.4 Å². The molecule has 14 nitrogen and oxygen atoms in total. The minimum atomic E-state index is -4.71. The monoisotopic (exact) mass is 1040 g/mol. The smallest absolute Gasteiger partial charge is 0.417 e. The Kier molecular flexibility index (Phi) is 16.6. The predicted octanol–water partition coefficient (Wildman–Crippen LogP) is 9.48. The van der Waals surface area contributed by atoms with Gasteiger partial charge in [0.05, 0.1) is 57.9 Å². The molecule has 3 aliphatic rings. The van der Waals surface area contributed by atoms with E-state index in [1.165, 1.54) is 6.07 Å². The zero-order valence-corrected chi connectivity index (χ0v) is 45.6. The molecule has 0 N–H and O–H groups in total. The Morgan fingerprint density at radius 2 is 1.65 bits per heavy atom. The number of aryl methyl sites for hydroxylation is 1. The quantitative estimate of drug-likeness (QED) is 0.0829. The Morgan fingerprint density at radius 3 is 2.26 bits per heavy atom. The van der Waals surface area contributed by atoms with Gasteiger partial charge in [-0.15, -0.1) is 11.3 Å². The number of hydrogen-bond donors (Lipinski definition) is 0. The first-order chi connectivity index (χ1) is 34.8. The summed E-state index contributed by atoms with van der Waals surface area (Å²) in [7, 11) is 9.03. The lowest BCUT2D eigenvalue weighted by Gasteiger charge is -2.65. The fraction of sp³-hybridized carbons (Fsp3) is 0.536. The maximum Gasteiger partial charge on any atom is 0.417 e. The molecule has 3 amide bonds. The molecule has 4 heterocycles. The zero-order chi connectivity index (χ0) is 54.1. The van der Waals surface area contributed by atoms with Crippen LogP contribution >= 0.6 is 11.3 Å². The van der Waals surface area contributed by atoms with Crippen molar-refractivity contribution in [1.29, 1.82) is 5.26 Å². The number of nitriles is 1. The van der Waals surface area contributed by atoms with Gasteiger partial charge in [-0.1, -0.05) is 71.9 Å². The Balaban J connectivity index is 0.844. The molecule has 0 spiro atoms. The van der Waals surface area contributed by atoms with Crippen molar-refractivity contribution in [2.24, 2.45) is 16.2 Å². The number of halogens is 3. The van der Waals surface area contributed by atoms with Gasteiger partial charge in [-0.05, 0) is 67.6 Å². The average Bonchev–Trinajstić information content (AvgIpc) is 4.06. The van der Waals surface area contributed by atoms with E-state index in [-0.39, 0.29) is 41.3 Å². The fourth-order valence-electron chi connectivity index (χ4n) is 12.0. The number of likely N-dealkylation sites (tertiary alicyclic amines) is 1. The molecule has 3 atom stereocenters. The summed E-state index contributed by atoms with van der Waals surface area (Å²) < 4.78 is 59.1. The first-order valence-electron chi connectivity index (χ1n) is 25.1. The lowest BCUT2D eigenvalue weighted by atomic mass is 9.49. The third-order valence-corrected chi connectivity index (χ3v) is 16.3. The molecule has 1 saturated heterocycles. The van der Waals surface area contributed by atoms with Crippen molar-refractivity contribution in [1.82, 2.24) is 29.6 Å². The third kappa shape index (κ3) is 11.4. The number of nitrogens with zero attached hydrogens (tertiary/aromatic N) is 8. The molecule has 1 unspecified atom stereocenters. The van der Waals surface area contributed by atoms with E-state index in [2.05, 4.69) is 33.1 Å². The number of unbranched alkanes of at least 4 members (excludes halogenated alkanes) is 2. The zero-order valence-electron chi connectivity index (χ0n) is 44.7. The number of ether oxygens (including phenoxy) is 3. The largest absolute Gasteiger partial charge is 0.489 e. The minimum absolute atomic E-state index is 0.00942. The van der Waals surface area contributed by atoms with Crippen LogP contribution in [0.3, 0.4) is 0 Å². The highest BCUT2D eigenvalue weighted by Crippen LogP contribution is 2.58. The highest BCUT2D eigenvalue weighted by molar-refractivity contribution is 7.13. The number of carbonyl (C=O) groups is 3. The summed E-state index contributed by atoms with van der Waals surface area (Å²) in [4.78, 5) is 61.6. The van der Waals surface area contributed by atoms with Crippen LogP contribution in [-0.2, 0) is 31.8 Å². The molecule has 0 radical (unpaired) electrons. The molecule has 2 fully saturated rings. The normalized spacial score (nSPS) is 21.6. The van der Waals surface area contributed by atoms with Crippen LogP contribution < -0.4 is 9.64 Å². The Labute approximate surface area is 438 Å². The number of alkyl halides is 3. The summed E-state index contributed by atoms with van der Waals surface area (Å²) in [5.74, 6) is -0.486. The standard InChI is InChI=1S/C56H71F3N8O6S/c1-35-46(74-34-62-35)37-18-16-36(17-19-37)31-64(9)49(69)45-27-42(71-12)32-67(45)50(70)47-53(2,3)28-40(65(47)10)33-72-25-15-13-14-24-63(8)39-21-23-44(61-30-39)48(68)66(11)51-54(4,5)52(55(51,6)7)73-41-22-20-38(29-60)43(26-41)56(57,58)59/h16-23,26,28,30,34,42,45,47,51-52H,13-15,24-25,27,31-33H2,1-12H3/t42-,45?,47-,51-,52-/m1/s1. The van der Waals surface area contributed by atoms with E-state index in [9.17, 15) is 32.8 Å². The number of carbonyl (C=O) groups excluding carboxylic acids is 3. The number of likely N-dealkylation sites (N-methyl/N-ethyl adjacent to an activating group) is 2. The van der Waals surface area contributed by atoms with Crippen molar-refractivity contribution in [3.05, 3.63) is 106 Å². The molecule has 18 heteroatoms. The summed E-state index contributed by atoms with van der Waals surface area (Å²) in [6, 6.07) is 15.2. The van der Waals surface area contributed by atoms with Crippen molar-refractivity contribution in [3.8, 4) is 22.3 Å². The van der Waals surface area contributed by atoms with Crippen LogP contribution in [0.4, 0.5) is 18.9 Å². The summed E-state index contributed by atoms with van der Waals surface area (Å²) >= 11 is 1.60. The lowest BCUT2D eigenvalue weighted by Crippen LogP contribution is -2.74. The highest BCUT2D eigenvalue weighted by Gasteiger charge is 2.66. The van der Waals surface area contributed by atoms with Crippen LogP contribution in [0, 0.1) is 34.5 Å². The van der Waals surface area contributed by atoms with Gasteiger partial charge in [-0.25, -0.2) is 9.97 Å². The molecule has 7 rings (SSSR count). The third-order valence-electron chi connectivity index (χ3n) is 15.3. The van der Waals surface area contributed by atoms with Gasteiger partial charge in [0.25, 0.3) is 5.91 Å². The molecule has 2 aliphatic heterocycles. The summed E-state index contributed by atoms with van der Waals surface area (Å²) in [6.07, 6.45) is 1.40. The Hall–Kier alpha value is -6.03. The number of thiazole rings is 1. The van der Waals surface area contributed by atoms with E-state index in [0.717, 1.165) is 71.0 Å². The molecule has 2 aromatic carbocycles. The number of amides is 3. The van der Waals surface area contributed by atoms with E-state index in [0.29, 0.717) is 32.7 Å². The topological polar surface area (TPSA) is 145 Å². The fourth-order valence-corrected chi connectivity index (χ4v) is 12.8. The Morgan fingerprint density at radius 1 is 0.946 bits per heavy atom. The van der Waals surface area contributed by atoms with Gasteiger partial charge in [0.2, 0.25) is 11.8 Å². The second-order valence-corrected chi connectivity index (χ2v) is 22.8. The first-order valence-corrected chi connectivity index (χ1v) is 26.0. The van der Waals surface area contributed by atoms with E-state index in [1.807, 2.05) is 91.2 Å². The SMILES string of the molecule is CO[C@@H]1CC(C(=O)N(C)Cc2ccc(-c3scnc3C)cc2)N(C(=O)[C@H]2N(C)C(COCCCCCN(C)c3ccc(C(=O)N(C)[C@H]4C(C)(C)[C@H](Oc5ccc(C#N)c(C(F)(F)F)c5)C4(C)C)nc3)=CC2(C)C)C1. The number of hydrogen-bond acceptors (Lipinski definition) is 12. The number of aromatic nitrogens is 2. The second-order valence-electron chi connectivity index (χ2n) is 21.9. The van der Waals surface area contributed by atoms with Gasteiger partial charge in [0, 0.05) is 95.9 Å². The van der Waals surface area contributed by atoms with Gasteiger partial charge in [0.1, 0.15) is 29.6 Å². The highest BCUT2D eigenvalue weighted by atomic mass is 32.1. The van der Waals surface area contributed by atoms with Crippen molar-refractivity contribution in [2.45, 2.75) is 117 Å². The van der Waals surface area contributed by atoms with E-state index in [1.54, 1.807) is 65.6 Å². The second kappa shape index (κ2) is 22.0. The number of pyridine rings is 1. The number of benzene rings is 2. The summed E-state index contributed by atoms with van der Waals surface area (Å²) in [5, 5.41) is 9.22. The van der Waals surface area contributed by atoms with Crippen molar-refractivity contribution in [3.63, 3.8) is 0 Å². The van der Waals surface area contributed by atoms with Crippen LogP contribution in [0.1, 0.15) is 100 Å². The summed E-state index contributed by atoms with van der Waals surface area (Å²) in [5.41, 5.74) is 3.68. The summed E-state index contributed by atoms with van der Waals surface area (Å²) in [6.45, 7) is 16.2. The molecule has 1 saturated carbocycles. The van der Waals surface area contributed by atoms with Crippen molar-refractivity contribution < 1.29 is 41.8 Å². The van der Waals surface area contributed by atoms with Gasteiger partial charge in [0.15, 0.2) is 0 Å². The number of methoxy groups -OCH3 is 1. The molecule has 74 heavy (non-hydrogen) atoms. The van der Waals surface area contributed by atoms with Crippen molar-refractivity contribution >= 4 is 34.7 Å². The molecular weight excluding hydrogens is 970 g/mol. The van der Waals surface area contributed by atoms with E-state index >= 15 is 0 Å². The van der Waals surface area contributed by atoms with E-state index < -0.39 is 51.7 Å². The molecular formula is C56H71F3N8O6S. The van der Waals surface area contributed by atoms with Crippen LogP contribution in [-0.4, -0.2) is 139 Å². The maximum absolute atomic E-state index is 14.5. The number of anilines is 1. The molecule has 1 aliphatic carbocycles. The van der Waals surface area contributed by atoms with Gasteiger partial charge in [-0.3, -0.25) is 14.4 Å². The predicted molar refractivity (Wildman–Crippen MR) is 279 cm³/mol. The minimum Gasteiger partial charge on any atom is -0.489 e. The van der Waals surface area contributed by atoms with Crippen molar-refractivity contribution in [2.75, 3.05) is 66.5 Å². The van der Waals surface area contributed by atoms with E-state index in [4.69, 9.17) is 14.2 Å². The average molecular weight is 1040 g/mol. The van der Waals surface area contributed by atoms with Gasteiger partial charge >= 0.3 is 6.18 Å². The van der Waals surface area contributed by atoms with Crippen LogP contribution in [0.5, 0.6) is 5.75 Å². The van der Waals surface area contributed by atoms with Crippen LogP contribution in [0.2, 0.25) is 0 Å². The molecule has 0 bridgehead atoms. The van der Waals surface area contributed by atoms with Gasteiger partial charge < -0.3 is 38.7 Å². The lowest BCUT2D eigenvalue weighted by molar-refractivity contribution is -0.195. The molecule has 4 aromatic rings.